The molecule has 15 heavy (non-hydrogen) atoms. The van der Waals surface area contributed by atoms with Gasteiger partial charge in [-0.2, -0.15) is 0 Å². The number of nitrogens with one attached hydrogen (secondary N) is 1. The van der Waals surface area contributed by atoms with Crippen LogP contribution >= 0.6 is 0 Å². The van der Waals surface area contributed by atoms with E-state index in [1.807, 2.05) is 0 Å². The third-order valence-electron chi connectivity index (χ3n) is 2.16. The van der Waals surface area contributed by atoms with E-state index in [1.165, 1.54) is 13.2 Å². The van der Waals surface area contributed by atoms with Crippen molar-refractivity contribution in [3.05, 3.63) is 23.9 Å². The molecule has 0 fully saturated rings. The summed E-state index contributed by atoms with van der Waals surface area (Å²) in [6.45, 7) is 0. The molecule has 0 spiro atoms. The normalized spacial score (nSPS) is 10.5. The molecule has 1 aromatic carbocycles. The molecule has 0 radical (unpaired) electrons. The van der Waals surface area contributed by atoms with E-state index >= 15 is 0 Å². The van der Waals surface area contributed by atoms with Crippen LogP contribution in [-0.4, -0.2) is 23.2 Å². The van der Waals surface area contributed by atoms with Crippen LogP contribution < -0.4 is 10.5 Å². The number of aromatic amines is 1. The summed E-state index contributed by atoms with van der Waals surface area (Å²) in [6.07, 6.45) is 0. The van der Waals surface area contributed by atoms with Gasteiger partial charge in [0.2, 0.25) is 0 Å². The third-order valence-corrected chi connectivity index (χ3v) is 2.16. The van der Waals surface area contributed by atoms with E-state index in [0.29, 0.717) is 17.0 Å². The van der Waals surface area contributed by atoms with Gasteiger partial charge >= 0.3 is 5.97 Å². The zero-order valence-electron chi connectivity index (χ0n) is 8.07. The molecule has 0 aliphatic carbocycles. The fraction of sp³-hybridized carbons (Fsp3) is 0.100. The second-order valence-corrected chi connectivity index (χ2v) is 3.18. The molecule has 0 aliphatic heterocycles. The van der Waals surface area contributed by atoms with E-state index in [1.54, 1.807) is 12.1 Å². The number of rotatable bonds is 2. The van der Waals surface area contributed by atoms with Gasteiger partial charge in [0, 0.05) is 17.1 Å². The van der Waals surface area contributed by atoms with Crippen LogP contribution in [0.25, 0.3) is 10.9 Å². The van der Waals surface area contributed by atoms with Crippen LogP contribution in [0.2, 0.25) is 0 Å². The minimum absolute atomic E-state index is 0.119. The Morgan fingerprint density at radius 2 is 2.20 bits per heavy atom. The number of methoxy groups -OCH3 is 1. The molecule has 0 atom stereocenters. The largest absolute Gasteiger partial charge is 0.494 e. The van der Waals surface area contributed by atoms with E-state index < -0.39 is 5.97 Å². The van der Waals surface area contributed by atoms with Gasteiger partial charge in [0.1, 0.15) is 11.4 Å². The van der Waals surface area contributed by atoms with Gasteiger partial charge in [-0.05, 0) is 12.1 Å². The highest BCUT2D eigenvalue weighted by atomic mass is 16.5. The first-order valence-corrected chi connectivity index (χ1v) is 4.31. The summed E-state index contributed by atoms with van der Waals surface area (Å²) in [7, 11) is 1.51. The highest BCUT2D eigenvalue weighted by Gasteiger charge is 2.11. The molecule has 2 rings (SSSR count). The van der Waals surface area contributed by atoms with Crippen LogP contribution in [0.5, 0.6) is 5.75 Å². The molecule has 5 nitrogen and oxygen atoms in total. The number of hydrogen-bond donors (Lipinski definition) is 3. The van der Waals surface area contributed by atoms with Gasteiger partial charge in [-0.3, -0.25) is 0 Å². The molecule has 0 saturated carbocycles. The number of carboxylic acid groups (broad SMARTS) is 1. The molecule has 4 N–H and O–H groups in total. The summed E-state index contributed by atoms with van der Waals surface area (Å²) in [5.41, 5.74) is 6.94. The molecule has 2 aromatic rings. The molecule has 0 bridgehead atoms. The van der Waals surface area contributed by atoms with E-state index in [0.717, 1.165) is 5.39 Å². The van der Waals surface area contributed by atoms with Gasteiger partial charge in [-0.15, -0.1) is 0 Å². The van der Waals surface area contributed by atoms with Crippen molar-refractivity contribution in [3.8, 4) is 5.75 Å². The summed E-state index contributed by atoms with van der Waals surface area (Å²) < 4.78 is 5.10. The van der Waals surface area contributed by atoms with Crippen molar-refractivity contribution in [1.29, 1.82) is 0 Å². The zero-order valence-corrected chi connectivity index (χ0v) is 8.07. The summed E-state index contributed by atoms with van der Waals surface area (Å²) in [5, 5.41) is 9.54. The maximum absolute atomic E-state index is 10.8. The Bertz CT molecular complexity index is 531. The van der Waals surface area contributed by atoms with E-state index in [-0.39, 0.29) is 5.69 Å². The number of carboxylic acids is 1. The van der Waals surface area contributed by atoms with Crippen molar-refractivity contribution in [2.75, 3.05) is 12.8 Å². The Labute approximate surface area is 85.5 Å². The first kappa shape index (κ1) is 9.39. The number of ether oxygens (including phenoxy) is 1. The monoisotopic (exact) mass is 206 g/mol. The number of benzene rings is 1. The number of fused-ring (bicyclic) bond motifs is 1. The molecule has 0 amide bonds. The molecule has 1 aromatic heterocycles. The SMILES string of the molecule is COc1cc(N)cc2cc(C(=O)O)[nH]c12. The Morgan fingerprint density at radius 3 is 2.80 bits per heavy atom. The van der Waals surface area contributed by atoms with Crippen molar-refractivity contribution < 1.29 is 14.6 Å². The first-order valence-electron chi connectivity index (χ1n) is 4.31. The average molecular weight is 206 g/mol. The fourth-order valence-electron chi connectivity index (χ4n) is 1.51. The quantitative estimate of drug-likeness (QED) is 0.649. The average Bonchev–Trinajstić information content (AvgIpc) is 2.59. The molecule has 0 unspecified atom stereocenters. The number of nitrogen functional groups attached to an aromatic ring is 1. The lowest BCUT2D eigenvalue weighted by molar-refractivity contribution is 0.0691. The van der Waals surface area contributed by atoms with Crippen LogP contribution in [0.3, 0.4) is 0 Å². The fourth-order valence-corrected chi connectivity index (χ4v) is 1.51. The van der Waals surface area contributed by atoms with Gasteiger partial charge in [-0.25, -0.2) is 4.79 Å². The lowest BCUT2D eigenvalue weighted by Gasteiger charge is -2.02. The van der Waals surface area contributed by atoms with Gasteiger partial charge in [0.25, 0.3) is 0 Å². The van der Waals surface area contributed by atoms with Crippen LogP contribution in [0, 0.1) is 0 Å². The second kappa shape index (κ2) is 3.20. The summed E-state index contributed by atoms with van der Waals surface area (Å²) in [6, 6.07) is 4.86. The topological polar surface area (TPSA) is 88.3 Å². The Balaban J connectivity index is 2.74. The van der Waals surface area contributed by atoms with Crippen LogP contribution in [-0.2, 0) is 0 Å². The predicted molar refractivity (Wildman–Crippen MR) is 56.2 cm³/mol. The molecular formula is C10H10N2O3. The van der Waals surface area contributed by atoms with Gasteiger partial charge in [0.15, 0.2) is 0 Å². The number of hydrogen-bond acceptors (Lipinski definition) is 3. The maximum Gasteiger partial charge on any atom is 0.352 e. The zero-order chi connectivity index (χ0) is 11.0. The minimum atomic E-state index is -1.01. The number of H-pyrrole nitrogens is 1. The summed E-state index contributed by atoms with van der Waals surface area (Å²) in [4.78, 5) is 13.5. The van der Waals surface area contributed by atoms with E-state index in [2.05, 4.69) is 4.98 Å². The number of anilines is 1. The van der Waals surface area contributed by atoms with Crippen molar-refractivity contribution in [2.45, 2.75) is 0 Å². The molecule has 78 valence electrons. The van der Waals surface area contributed by atoms with Crippen molar-refractivity contribution in [2.24, 2.45) is 0 Å². The molecule has 5 heteroatoms. The summed E-state index contributed by atoms with van der Waals surface area (Å²) >= 11 is 0. The summed E-state index contributed by atoms with van der Waals surface area (Å²) in [5.74, 6) is -0.468. The van der Waals surface area contributed by atoms with Gasteiger partial charge in [0.05, 0.1) is 12.6 Å². The number of carbonyl (C=O) groups is 1. The number of aromatic nitrogens is 1. The Hall–Kier alpha value is -2.17. The third kappa shape index (κ3) is 1.48. The molecule has 0 aliphatic rings. The maximum atomic E-state index is 10.8. The highest BCUT2D eigenvalue weighted by Crippen LogP contribution is 2.28. The van der Waals surface area contributed by atoms with Crippen LogP contribution in [0.15, 0.2) is 18.2 Å². The molecule has 1 heterocycles. The number of nitrogens with two attached hydrogens (primary N) is 1. The highest BCUT2D eigenvalue weighted by molar-refractivity contribution is 5.97. The van der Waals surface area contributed by atoms with Gasteiger partial charge < -0.3 is 20.6 Å². The lowest BCUT2D eigenvalue weighted by atomic mass is 10.2. The minimum Gasteiger partial charge on any atom is -0.494 e. The molecular weight excluding hydrogens is 196 g/mol. The van der Waals surface area contributed by atoms with E-state index in [9.17, 15) is 4.79 Å². The standard InChI is InChI=1S/C10H10N2O3/c1-15-8-4-6(11)2-5-3-7(10(13)14)12-9(5)8/h2-4,12H,11H2,1H3,(H,13,14). The second-order valence-electron chi connectivity index (χ2n) is 3.18. The van der Waals surface area contributed by atoms with Crippen molar-refractivity contribution >= 4 is 22.6 Å². The Morgan fingerprint density at radius 1 is 1.47 bits per heavy atom. The molecule has 0 saturated heterocycles. The van der Waals surface area contributed by atoms with Gasteiger partial charge in [-0.1, -0.05) is 0 Å². The predicted octanol–water partition coefficient (Wildman–Crippen LogP) is 1.46. The Kier molecular flexibility index (Phi) is 2.00. The van der Waals surface area contributed by atoms with Crippen molar-refractivity contribution in [3.63, 3.8) is 0 Å². The van der Waals surface area contributed by atoms with Crippen molar-refractivity contribution in [1.82, 2.24) is 4.98 Å². The smallest absolute Gasteiger partial charge is 0.352 e. The number of aromatic carboxylic acids is 1. The first-order chi connectivity index (χ1) is 7.11. The van der Waals surface area contributed by atoms with E-state index in [4.69, 9.17) is 15.6 Å². The lowest BCUT2D eigenvalue weighted by Crippen LogP contribution is -1.95. The van der Waals surface area contributed by atoms with Crippen LogP contribution in [0.1, 0.15) is 10.5 Å². The van der Waals surface area contributed by atoms with Crippen LogP contribution in [0.4, 0.5) is 5.69 Å².